The Balaban J connectivity index is 0. The smallest absolute Gasteiger partial charge is 0.0590 e. The van der Waals surface area contributed by atoms with E-state index in [0.717, 1.165) is 19.8 Å². The summed E-state index contributed by atoms with van der Waals surface area (Å²) in [5.74, 6) is 0. The molecule has 2 heteroatoms. The second-order valence-corrected chi connectivity index (χ2v) is 2.46. The lowest BCUT2D eigenvalue weighted by atomic mass is 10.3. The fraction of sp³-hybridized carbons (Fsp3) is 1.00. The normalized spacial score (nSPS) is 13.5. The molecule has 0 radical (unpaired) electrons. The Labute approximate surface area is 65.4 Å². The van der Waals surface area contributed by atoms with Gasteiger partial charge in [0.25, 0.3) is 0 Å². The summed E-state index contributed by atoms with van der Waals surface area (Å²) in [6.07, 6.45) is 1.19. The number of rotatable bonds is 6. The van der Waals surface area contributed by atoms with E-state index >= 15 is 0 Å². The average Bonchev–Trinajstić information content (AvgIpc) is 1.98. The number of hydrogen-bond donors (Lipinski definition) is 1. The summed E-state index contributed by atoms with van der Waals surface area (Å²) in [5, 5.41) is 3.34. The number of ether oxygens (including phenoxy) is 1. The molecule has 10 heavy (non-hydrogen) atoms. The largest absolute Gasteiger partial charge is 0.380 e. The van der Waals surface area contributed by atoms with Crippen molar-refractivity contribution in [3.05, 3.63) is 0 Å². The van der Waals surface area contributed by atoms with Gasteiger partial charge in [0.15, 0.2) is 0 Å². The van der Waals surface area contributed by atoms with Gasteiger partial charge in [0.05, 0.1) is 6.61 Å². The number of hydrogen-bond acceptors (Lipinski definition) is 2. The third-order valence-electron chi connectivity index (χ3n) is 1.56. The average molecular weight is 147 g/mol. The third-order valence-corrected chi connectivity index (χ3v) is 1.56. The van der Waals surface area contributed by atoms with E-state index in [1.54, 1.807) is 0 Å². The highest BCUT2D eigenvalue weighted by Gasteiger charge is 1.94. The molecule has 64 valence electrons. The quantitative estimate of drug-likeness (QED) is 0.577. The van der Waals surface area contributed by atoms with Crippen LogP contribution in [0.5, 0.6) is 0 Å². The van der Waals surface area contributed by atoms with Crippen molar-refractivity contribution in [3.8, 4) is 0 Å². The van der Waals surface area contributed by atoms with Gasteiger partial charge in [0.2, 0.25) is 0 Å². The molecule has 0 fully saturated rings. The SMILES string of the molecule is CCOCCNC(C)CC.[HH]. The Hall–Kier alpha value is -0.0800. The summed E-state index contributed by atoms with van der Waals surface area (Å²) in [6.45, 7) is 9.01. The Kier molecular flexibility index (Phi) is 6.98. The maximum absolute atomic E-state index is 5.17. The van der Waals surface area contributed by atoms with Crippen LogP contribution in [0.3, 0.4) is 0 Å². The van der Waals surface area contributed by atoms with E-state index in [-0.39, 0.29) is 1.43 Å². The standard InChI is InChI=1S/C8H19NO.H2/c1-4-8(3)9-6-7-10-5-2;/h8-9H,4-7H2,1-3H3;1H. The van der Waals surface area contributed by atoms with Crippen molar-refractivity contribution in [1.82, 2.24) is 5.32 Å². The highest BCUT2D eigenvalue weighted by Crippen LogP contribution is 1.85. The first kappa shape index (κ1) is 9.92. The van der Waals surface area contributed by atoms with Crippen LogP contribution in [-0.2, 0) is 4.74 Å². The van der Waals surface area contributed by atoms with E-state index in [1.165, 1.54) is 6.42 Å². The van der Waals surface area contributed by atoms with Crippen LogP contribution in [0.25, 0.3) is 0 Å². The summed E-state index contributed by atoms with van der Waals surface area (Å²) in [4.78, 5) is 0. The van der Waals surface area contributed by atoms with E-state index in [0.29, 0.717) is 6.04 Å². The van der Waals surface area contributed by atoms with Gasteiger partial charge in [0.1, 0.15) is 0 Å². The van der Waals surface area contributed by atoms with E-state index < -0.39 is 0 Å². The van der Waals surface area contributed by atoms with Gasteiger partial charge in [-0.2, -0.15) is 0 Å². The minimum Gasteiger partial charge on any atom is -0.380 e. The van der Waals surface area contributed by atoms with E-state index in [2.05, 4.69) is 19.2 Å². The molecule has 2 nitrogen and oxygen atoms in total. The molecule has 0 rings (SSSR count). The van der Waals surface area contributed by atoms with Crippen LogP contribution in [0.4, 0.5) is 0 Å². The Morgan fingerprint density at radius 1 is 1.50 bits per heavy atom. The van der Waals surface area contributed by atoms with Crippen LogP contribution in [0.15, 0.2) is 0 Å². The van der Waals surface area contributed by atoms with Crippen LogP contribution in [0.2, 0.25) is 0 Å². The minimum absolute atomic E-state index is 0. The van der Waals surface area contributed by atoms with Crippen LogP contribution in [0, 0.1) is 0 Å². The third kappa shape index (κ3) is 6.05. The first-order chi connectivity index (χ1) is 4.81. The summed E-state index contributed by atoms with van der Waals surface area (Å²) < 4.78 is 5.17. The van der Waals surface area contributed by atoms with Crippen molar-refractivity contribution < 1.29 is 6.16 Å². The van der Waals surface area contributed by atoms with Gasteiger partial charge in [0, 0.05) is 20.6 Å². The van der Waals surface area contributed by atoms with Crippen LogP contribution in [-0.4, -0.2) is 25.8 Å². The molecule has 0 spiro atoms. The Morgan fingerprint density at radius 3 is 2.70 bits per heavy atom. The Morgan fingerprint density at radius 2 is 2.20 bits per heavy atom. The fourth-order valence-electron chi connectivity index (χ4n) is 0.666. The molecule has 0 heterocycles. The van der Waals surface area contributed by atoms with Crippen LogP contribution >= 0.6 is 0 Å². The zero-order valence-electron chi connectivity index (χ0n) is 7.31. The molecule has 0 aromatic rings. The second-order valence-electron chi connectivity index (χ2n) is 2.46. The van der Waals surface area contributed by atoms with Gasteiger partial charge in [-0.05, 0) is 20.3 Å². The predicted octanol–water partition coefficient (Wildman–Crippen LogP) is 1.66. The molecule has 0 saturated heterocycles. The first-order valence-electron chi connectivity index (χ1n) is 4.12. The van der Waals surface area contributed by atoms with Crippen molar-refractivity contribution in [1.29, 1.82) is 0 Å². The monoisotopic (exact) mass is 147 g/mol. The summed E-state index contributed by atoms with van der Waals surface area (Å²) in [5.41, 5.74) is 0. The van der Waals surface area contributed by atoms with Crippen molar-refractivity contribution >= 4 is 0 Å². The van der Waals surface area contributed by atoms with Gasteiger partial charge in [-0.25, -0.2) is 0 Å². The van der Waals surface area contributed by atoms with Gasteiger partial charge in [-0.3, -0.25) is 0 Å². The van der Waals surface area contributed by atoms with E-state index in [9.17, 15) is 0 Å². The highest BCUT2D eigenvalue weighted by molar-refractivity contribution is 4.55. The Bertz CT molecular complexity index is 71.1. The zero-order valence-corrected chi connectivity index (χ0v) is 7.31. The molecular formula is C8H21NO. The molecule has 0 aliphatic carbocycles. The molecule has 0 aromatic carbocycles. The molecule has 0 aliphatic rings. The van der Waals surface area contributed by atoms with Crippen molar-refractivity contribution in [2.75, 3.05) is 19.8 Å². The predicted molar refractivity (Wildman–Crippen MR) is 46.4 cm³/mol. The molecule has 1 N–H and O–H groups in total. The van der Waals surface area contributed by atoms with Crippen LogP contribution in [0.1, 0.15) is 28.6 Å². The lowest BCUT2D eigenvalue weighted by molar-refractivity contribution is 0.147. The maximum Gasteiger partial charge on any atom is 0.0590 e. The summed E-state index contributed by atoms with van der Waals surface area (Å²) >= 11 is 0. The molecule has 0 bridgehead atoms. The van der Waals surface area contributed by atoms with E-state index in [4.69, 9.17) is 4.74 Å². The van der Waals surface area contributed by atoms with Gasteiger partial charge >= 0.3 is 0 Å². The zero-order chi connectivity index (χ0) is 7.82. The fourth-order valence-corrected chi connectivity index (χ4v) is 0.666. The maximum atomic E-state index is 5.17. The van der Waals surface area contributed by atoms with Crippen LogP contribution < -0.4 is 5.32 Å². The first-order valence-corrected chi connectivity index (χ1v) is 4.12. The second kappa shape index (κ2) is 7.03. The van der Waals surface area contributed by atoms with Crippen molar-refractivity contribution in [2.24, 2.45) is 0 Å². The molecule has 1 atom stereocenters. The number of nitrogens with one attached hydrogen (secondary N) is 1. The topological polar surface area (TPSA) is 21.3 Å². The lowest BCUT2D eigenvalue weighted by Crippen LogP contribution is -2.28. The molecular weight excluding hydrogens is 126 g/mol. The molecule has 0 saturated carbocycles. The van der Waals surface area contributed by atoms with Crippen molar-refractivity contribution in [3.63, 3.8) is 0 Å². The molecule has 0 aliphatic heterocycles. The van der Waals surface area contributed by atoms with Crippen molar-refractivity contribution in [2.45, 2.75) is 33.2 Å². The van der Waals surface area contributed by atoms with Gasteiger partial charge < -0.3 is 10.1 Å². The molecule has 0 aromatic heterocycles. The van der Waals surface area contributed by atoms with Gasteiger partial charge in [-0.15, -0.1) is 0 Å². The van der Waals surface area contributed by atoms with E-state index in [1.807, 2.05) is 6.92 Å². The minimum atomic E-state index is 0. The summed E-state index contributed by atoms with van der Waals surface area (Å²) in [7, 11) is 0. The molecule has 0 amide bonds. The molecule has 1 unspecified atom stereocenters. The highest BCUT2D eigenvalue weighted by atomic mass is 16.5. The lowest BCUT2D eigenvalue weighted by Gasteiger charge is -2.10. The van der Waals surface area contributed by atoms with Gasteiger partial charge in [-0.1, -0.05) is 6.92 Å². The summed E-state index contributed by atoms with van der Waals surface area (Å²) in [6, 6.07) is 0.625.